The molecule has 0 N–H and O–H groups in total. The van der Waals surface area contributed by atoms with Gasteiger partial charge in [-0.05, 0) is 74.0 Å². The summed E-state index contributed by atoms with van der Waals surface area (Å²) in [4.78, 5) is 10.1. The normalized spacial score (nSPS) is 13.5. The maximum Gasteiger partial charge on any atom is 0.0972 e. The number of rotatable bonds is 2. The zero-order valence-electron chi connectivity index (χ0n) is 25.0. The maximum absolute atomic E-state index is 5.34. The summed E-state index contributed by atoms with van der Waals surface area (Å²) in [7, 11) is 0. The first-order valence-corrected chi connectivity index (χ1v) is 15.3. The molecule has 2 nitrogen and oxygen atoms in total. The summed E-state index contributed by atoms with van der Waals surface area (Å²) in [6, 6.07) is 44.3. The Morgan fingerprint density at radius 3 is 2.05 bits per heavy atom. The van der Waals surface area contributed by atoms with E-state index in [1.165, 1.54) is 66.1 Å². The Balaban J connectivity index is 1.42. The van der Waals surface area contributed by atoms with Gasteiger partial charge in [-0.15, -0.1) is 0 Å². The van der Waals surface area contributed by atoms with Crippen LogP contribution < -0.4 is 0 Å². The van der Waals surface area contributed by atoms with Crippen LogP contribution in [0, 0.1) is 6.92 Å². The van der Waals surface area contributed by atoms with Gasteiger partial charge >= 0.3 is 0 Å². The molecule has 208 valence electrons. The molecule has 0 radical (unpaired) electrons. The van der Waals surface area contributed by atoms with Crippen molar-refractivity contribution in [2.24, 2.45) is 0 Å². The molecule has 0 fully saturated rings. The van der Waals surface area contributed by atoms with E-state index in [2.05, 4.69) is 136 Å². The van der Waals surface area contributed by atoms with Crippen LogP contribution >= 0.6 is 0 Å². The Kier molecular flexibility index (Phi) is 5.20. The summed E-state index contributed by atoms with van der Waals surface area (Å²) in [6.07, 6.45) is 1.86. The average Bonchev–Trinajstić information content (AvgIpc) is 3.30. The number of nitrogens with zero attached hydrogens (tertiary/aromatic N) is 2. The number of aromatic nitrogens is 2. The lowest BCUT2D eigenvalue weighted by Crippen LogP contribution is -2.14. The van der Waals surface area contributed by atoms with Crippen molar-refractivity contribution in [2.75, 3.05) is 0 Å². The third-order valence-corrected chi connectivity index (χ3v) is 9.74. The molecule has 0 bridgehead atoms. The van der Waals surface area contributed by atoms with E-state index in [0.29, 0.717) is 0 Å². The monoisotopic (exact) mass is 562 g/mol. The maximum atomic E-state index is 5.34. The van der Waals surface area contributed by atoms with Crippen molar-refractivity contribution in [1.82, 2.24) is 9.97 Å². The molecule has 2 heteroatoms. The lowest BCUT2D eigenvalue weighted by molar-refractivity contribution is 0.660. The molecular formula is C42H30N2. The summed E-state index contributed by atoms with van der Waals surface area (Å²) in [5.41, 5.74) is 13.3. The molecule has 2 aromatic heterocycles. The number of hydrogen-bond acceptors (Lipinski definition) is 2. The number of benzene rings is 6. The number of hydrogen-bond donors (Lipinski definition) is 0. The molecule has 44 heavy (non-hydrogen) atoms. The lowest BCUT2D eigenvalue weighted by Gasteiger charge is -2.22. The van der Waals surface area contributed by atoms with Crippen molar-refractivity contribution in [3.8, 4) is 33.5 Å². The smallest absolute Gasteiger partial charge is 0.0972 e. The fourth-order valence-corrected chi connectivity index (χ4v) is 7.68. The van der Waals surface area contributed by atoms with Crippen LogP contribution in [0.5, 0.6) is 0 Å². The molecular weight excluding hydrogens is 532 g/mol. The van der Waals surface area contributed by atoms with Crippen LogP contribution in [0.15, 0.2) is 128 Å². The van der Waals surface area contributed by atoms with Crippen LogP contribution in [0.4, 0.5) is 0 Å². The van der Waals surface area contributed by atoms with Gasteiger partial charge in [0.2, 0.25) is 0 Å². The molecule has 8 aromatic rings. The van der Waals surface area contributed by atoms with Crippen LogP contribution in [0.25, 0.3) is 76.9 Å². The minimum Gasteiger partial charge on any atom is -0.254 e. The molecule has 1 aliphatic rings. The van der Waals surface area contributed by atoms with Crippen molar-refractivity contribution in [3.05, 3.63) is 144 Å². The summed E-state index contributed by atoms with van der Waals surface area (Å²) >= 11 is 0. The minimum atomic E-state index is -0.0603. The molecule has 0 aliphatic heterocycles. The Morgan fingerprint density at radius 2 is 1.18 bits per heavy atom. The quantitative estimate of drug-likeness (QED) is 0.155. The number of aryl methyl sites for hydroxylation is 1. The van der Waals surface area contributed by atoms with Crippen molar-refractivity contribution in [3.63, 3.8) is 0 Å². The molecule has 1 aliphatic carbocycles. The van der Waals surface area contributed by atoms with Gasteiger partial charge in [-0.25, -0.2) is 4.98 Å². The highest BCUT2D eigenvalue weighted by atomic mass is 14.8. The van der Waals surface area contributed by atoms with E-state index < -0.39 is 0 Å². The second-order valence-electron chi connectivity index (χ2n) is 12.7. The number of fused-ring (bicyclic) bond motifs is 8. The van der Waals surface area contributed by atoms with Crippen LogP contribution in [-0.4, -0.2) is 9.97 Å². The van der Waals surface area contributed by atoms with Crippen LogP contribution in [-0.2, 0) is 5.41 Å². The Morgan fingerprint density at radius 1 is 0.500 bits per heavy atom. The van der Waals surface area contributed by atoms with E-state index in [1.54, 1.807) is 0 Å². The summed E-state index contributed by atoms with van der Waals surface area (Å²) < 4.78 is 0. The molecule has 0 spiro atoms. The number of pyridine rings is 2. The van der Waals surface area contributed by atoms with Crippen molar-refractivity contribution in [2.45, 2.75) is 26.2 Å². The zero-order chi connectivity index (χ0) is 29.6. The SMILES string of the molecule is Cc1ccc2c(-c3ccc4ccc5cccnc5c4n3)c3ccccc3c(-c3cccc4c3-c3ccccc3C4(C)C)c2c1. The average molecular weight is 563 g/mol. The van der Waals surface area contributed by atoms with Gasteiger partial charge in [0, 0.05) is 27.9 Å². The van der Waals surface area contributed by atoms with Crippen molar-refractivity contribution < 1.29 is 0 Å². The van der Waals surface area contributed by atoms with E-state index in [9.17, 15) is 0 Å². The molecule has 0 saturated carbocycles. The van der Waals surface area contributed by atoms with Gasteiger partial charge in [0.05, 0.1) is 16.7 Å². The van der Waals surface area contributed by atoms with Crippen LogP contribution in [0.3, 0.4) is 0 Å². The highest BCUT2D eigenvalue weighted by molar-refractivity contribution is 6.23. The predicted molar refractivity (Wildman–Crippen MR) is 185 cm³/mol. The molecule has 0 saturated heterocycles. The zero-order valence-corrected chi connectivity index (χ0v) is 25.0. The van der Waals surface area contributed by atoms with Crippen molar-refractivity contribution >= 4 is 43.4 Å². The topological polar surface area (TPSA) is 25.8 Å². The van der Waals surface area contributed by atoms with Gasteiger partial charge in [0.1, 0.15) is 0 Å². The Hall–Kier alpha value is -5.34. The van der Waals surface area contributed by atoms with Gasteiger partial charge in [-0.2, -0.15) is 0 Å². The standard InChI is InChI=1S/C42H30N2/c1-25-17-21-30-33(24-25)37(32-14-8-16-35-38(32)31-13-6-7-15-34(31)42(35,2)3)28-11-4-5-12-29(28)39(30)36-22-20-27-19-18-26-10-9-23-43-40(26)41(27)44-36/h4-24H,1-3H3. The van der Waals surface area contributed by atoms with Gasteiger partial charge in [0.25, 0.3) is 0 Å². The first-order chi connectivity index (χ1) is 21.5. The first kappa shape index (κ1) is 25.2. The van der Waals surface area contributed by atoms with Gasteiger partial charge in [-0.1, -0.05) is 129 Å². The fraction of sp³-hybridized carbons (Fsp3) is 0.0952. The first-order valence-electron chi connectivity index (χ1n) is 15.3. The molecule has 0 amide bonds. The molecule has 9 rings (SSSR count). The van der Waals surface area contributed by atoms with E-state index >= 15 is 0 Å². The van der Waals surface area contributed by atoms with Crippen molar-refractivity contribution in [1.29, 1.82) is 0 Å². The predicted octanol–water partition coefficient (Wildman–Crippen LogP) is 11.0. The Bertz CT molecular complexity index is 2480. The van der Waals surface area contributed by atoms with E-state index in [4.69, 9.17) is 9.97 Å². The third-order valence-electron chi connectivity index (χ3n) is 9.74. The molecule has 6 aromatic carbocycles. The second-order valence-corrected chi connectivity index (χ2v) is 12.7. The van der Waals surface area contributed by atoms with Gasteiger partial charge in [0.15, 0.2) is 0 Å². The van der Waals surface area contributed by atoms with Gasteiger partial charge in [-0.3, -0.25) is 4.98 Å². The van der Waals surface area contributed by atoms with E-state index in [1.807, 2.05) is 12.3 Å². The third kappa shape index (κ3) is 3.43. The molecule has 0 unspecified atom stereocenters. The lowest BCUT2D eigenvalue weighted by atomic mass is 9.81. The fourth-order valence-electron chi connectivity index (χ4n) is 7.68. The van der Waals surface area contributed by atoms with Crippen LogP contribution in [0.1, 0.15) is 30.5 Å². The highest BCUT2D eigenvalue weighted by Crippen LogP contribution is 2.54. The minimum absolute atomic E-state index is 0.0603. The largest absolute Gasteiger partial charge is 0.254 e. The summed E-state index contributed by atoms with van der Waals surface area (Å²) in [5, 5.41) is 7.13. The van der Waals surface area contributed by atoms with E-state index in [0.717, 1.165) is 27.5 Å². The Labute approximate surface area is 256 Å². The van der Waals surface area contributed by atoms with Gasteiger partial charge < -0.3 is 0 Å². The molecule has 0 atom stereocenters. The van der Waals surface area contributed by atoms with Crippen LogP contribution in [0.2, 0.25) is 0 Å². The van der Waals surface area contributed by atoms with E-state index in [-0.39, 0.29) is 5.41 Å². The summed E-state index contributed by atoms with van der Waals surface area (Å²) in [6.45, 7) is 6.90. The summed E-state index contributed by atoms with van der Waals surface area (Å²) in [5.74, 6) is 0. The second kappa shape index (κ2) is 9.08. The highest BCUT2D eigenvalue weighted by Gasteiger charge is 2.37. The molecule has 2 heterocycles.